The molecule has 0 radical (unpaired) electrons. The van der Waals surface area contributed by atoms with E-state index in [1.807, 2.05) is 35.2 Å². The van der Waals surface area contributed by atoms with Gasteiger partial charge in [0.1, 0.15) is 5.82 Å². The topological polar surface area (TPSA) is 20.3 Å². The lowest BCUT2D eigenvalue weighted by Crippen LogP contribution is -2.31. The third-order valence-corrected chi connectivity index (χ3v) is 5.87. The van der Waals surface area contributed by atoms with Crippen molar-refractivity contribution in [3.05, 3.63) is 76.6 Å². The molecule has 0 aromatic heterocycles. The minimum atomic E-state index is -0.168. The van der Waals surface area contributed by atoms with Crippen LogP contribution in [-0.2, 0) is 4.79 Å². The van der Waals surface area contributed by atoms with Crippen LogP contribution in [0.15, 0.2) is 54.6 Å². The summed E-state index contributed by atoms with van der Waals surface area (Å²) in [5, 5.41) is 0.712. The van der Waals surface area contributed by atoms with Crippen molar-refractivity contribution in [2.45, 2.75) is 11.7 Å². The Kier molecular flexibility index (Phi) is 6.16. The Morgan fingerprint density at radius 2 is 1.92 bits per heavy atom. The monoisotopic (exact) mass is 375 g/mol. The van der Waals surface area contributed by atoms with E-state index in [-0.39, 0.29) is 17.0 Å². The number of thioether (sulfide) groups is 1. The Hall–Kier alpha value is -1.78. The molecule has 1 heterocycles. The summed E-state index contributed by atoms with van der Waals surface area (Å²) < 4.78 is 14.0. The molecule has 1 aliphatic heterocycles. The van der Waals surface area contributed by atoms with Crippen molar-refractivity contribution in [2.75, 3.05) is 18.8 Å². The summed E-state index contributed by atoms with van der Waals surface area (Å²) in [7, 11) is 0. The van der Waals surface area contributed by atoms with Gasteiger partial charge in [0.15, 0.2) is 0 Å². The zero-order valence-corrected chi connectivity index (χ0v) is 15.3. The molecule has 1 amide bonds. The molecule has 2 aromatic carbocycles. The summed E-state index contributed by atoms with van der Waals surface area (Å²) in [5.74, 6) is 0.595. The van der Waals surface area contributed by atoms with E-state index in [1.165, 1.54) is 6.07 Å². The second-order valence-corrected chi connectivity index (χ2v) is 7.57. The normalized spacial score (nSPS) is 18.3. The summed E-state index contributed by atoms with van der Waals surface area (Å²) >= 11 is 7.82. The number of amides is 1. The third-order valence-electron chi connectivity index (χ3n) is 4.22. The van der Waals surface area contributed by atoms with Crippen molar-refractivity contribution in [3.63, 3.8) is 0 Å². The highest BCUT2D eigenvalue weighted by Gasteiger charge is 2.22. The van der Waals surface area contributed by atoms with Gasteiger partial charge in [-0.1, -0.05) is 48.0 Å². The lowest BCUT2D eigenvalue weighted by Gasteiger charge is -2.18. The Bertz CT molecular complexity index is 780. The highest BCUT2D eigenvalue weighted by molar-refractivity contribution is 7.99. The number of halogens is 2. The quantitative estimate of drug-likeness (QED) is 0.687. The van der Waals surface area contributed by atoms with Crippen molar-refractivity contribution in [3.8, 4) is 0 Å². The second kappa shape index (κ2) is 8.54. The van der Waals surface area contributed by atoms with E-state index >= 15 is 0 Å². The van der Waals surface area contributed by atoms with Gasteiger partial charge in [-0.15, -0.1) is 0 Å². The molecule has 3 rings (SSSR count). The maximum absolute atomic E-state index is 14.0. The van der Waals surface area contributed by atoms with Crippen molar-refractivity contribution in [2.24, 2.45) is 0 Å². The Balaban J connectivity index is 1.64. The predicted octanol–water partition coefficient (Wildman–Crippen LogP) is 5.20. The van der Waals surface area contributed by atoms with Crippen LogP contribution in [0.25, 0.3) is 6.08 Å². The minimum absolute atomic E-state index is 0.0327. The Labute approximate surface area is 156 Å². The smallest absolute Gasteiger partial charge is 0.246 e. The van der Waals surface area contributed by atoms with Crippen LogP contribution in [0.1, 0.15) is 22.8 Å². The molecule has 0 aliphatic carbocycles. The van der Waals surface area contributed by atoms with E-state index in [2.05, 4.69) is 0 Å². The molecule has 0 spiro atoms. The Morgan fingerprint density at radius 1 is 1.16 bits per heavy atom. The number of carbonyl (C=O) groups is 1. The van der Waals surface area contributed by atoms with Crippen molar-refractivity contribution in [1.82, 2.24) is 4.90 Å². The first-order chi connectivity index (χ1) is 12.1. The van der Waals surface area contributed by atoms with E-state index in [0.29, 0.717) is 18.1 Å². The first kappa shape index (κ1) is 18.0. The van der Waals surface area contributed by atoms with Crippen LogP contribution in [0, 0.1) is 5.82 Å². The molecule has 25 heavy (non-hydrogen) atoms. The third kappa shape index (κ3) is 4.65. The fourth-order valence-corrected chi connectivity index (χ4v) is 4.30. The predicted molar refractivity (Wildman–Crippen MR) is 103 cm³/mol. The number of hydrogen-bond donors (Lipinski definition) is 0. The van der Waals surface area contributed by atoms with Crippen molar-refractivity contribution >= 4 is 35.3 Å². The molecule has 1 unspecified atom stereocenters. The summed E-state index contributed by atoms with van der Waals surface area (Å²) in [4.78, 5) is 14.3. The lowest BCUT2D eigenvalue weighted by molar-refractivity contribution is -0.125. The number of benzene rings is 2. The van der Waals surface area contributed by atoms with Gasteiger partial charge in [0, 0.05) is 40.8 Å². The van der Waals surface area contributed by atoms with Gasteiger partial charge in [-0.05, 0) is 30.2 Å². The SMILES string of the molecule is O=C(/C=C/c1ccccc1Cl)N1CCSC(c2ccccc2F)CC1. The largest absolute Gasteiger partial charge is 0.338 e. The zero-order chi connectivity index (χ0) is 17.6. The molecule has 0 saturated carbocycles. The molecule has 1 fully saturated rings. The van der Waals surface area contributed by atoms with Gasteiger partial charge < -0.3 is 4.90 Å². The van der Waals surface area contributed by atoms with Gasteiger partial charge in [-0.25, -0.2) is 4.39 Å². The standard InChI is InChI=1S/C20H19ClFNOS/c21-17-7-3-1-5-15(17)9-10-20(24)23-12-11-19(25-14-13-23)16-6-2-4-8-18(16)22/h1-10,19H,11-14H2/b10-9+. The average Bonchev–Trinajstić information content (AvgIpc) is 2.87. The molecule has 130 valence electrons. The van der Waals surface area contributed by atoms with E-state index in [4.69, 9.17) is 11.6 Å². The molecular formula is C20H19ClFNOS. The maximum atomic E-state index is 14.0. The fraction of sp³-hybridized carbons (Fsp3) is 0.250. The van der Waals surface area contributed by atoms with E-state index < -0.39 is 0 Å². The van der Waals surface area contributed by atoms with Crippen molar-refractivity contribution < 1.29 is 9.18 Å². The molecule has 5 heteroatoms. The van der Waals surface area contributed by atoms with Crippen LogP contribution in [0.5, 0.6) is 0 Å². The van der Waals surface area contributed by atoms with Crippen LogP contribution < -0.4 is 0 Å². The number of nitrogens with zero attached hydrogens (tertiary/aromatic N) is 1. The molecular weight excluding hydrogens is 357 g/mol. The van der Waals surface area contributed by atoms with E-state index in [9.17, 15) is 9.18 Å². The molecule has 1 atom stereocenters. The maximum Gasteiger partial charge on any atom is 0.246 e. The lowest BCUT2D eigenvalue weighted by atomic mass is 10.1. The molecule has 2 nitrogen and oxygen atoms in total. The van der Waals surface area contributed by atoms with E-state index in [1.54, 1.807) is 36.0 Å². The summed E-state index contributed by atoms with van der Waals surface area (Å²) in [6.07, 6.45) is 4.06. The van der Waals surface area contributed by atoms with Gasteiger partial charge in [-0.3, -0.25) is 4.79 Å². The van der Waals surface area contributed by atoms with Gasteiger partial charge in [-0.2, -0.15) is 11.8 Å². The molecule has 2 aromatic rings. The van der Waals surface area contributed by atoms with Gasteiger partial charge in [0.25, 0.3) is 0 Å². The van der Waals surface area contributed by atoms with Crippen molar-refractivity contribution in [1.29, 1.82) is 0 Å². The average molecular weight is 376 g/mol. The van der Waals surface area contributed by atoms with Gasteiger partial charge in [0.05, 0.1) is 0 Å². The zero-order valence-electron chi connectivity index (χ0n) is 13.7. The first-order valence-electron chi connectivity index (χ1n) is 8.22. The van der Waals surface area contributed by atoms with Crippen LogP contribution in [0.4, 0.5) is 4.39 Å². The summed E-state index contributed by atoms with van der Waals surface area (Å²) in [6, 6.07) is 14.3. The highest BCUT2D eigenvalue weighted by atomic mass is 35.5. The number of hydrogen-bond acceptors (Lipinski definition) is 2. The summed E-state index contributed by atoms with van der Waals surface area (Å²) in [6.45, 7) is 1.29. The highest BCUT2D eigenvalue weighted by Crippen LogP contribution is 2.35. The second-order valence-electron chi connectivity index (χ2n) is 5.85. The first-order valence-corrected chi connectivity index (χ1v) is 9.65. The molecule has 0 N–H and O–H groups in total. The van der Waals surface area contributed by atoms with Gasteiger partial charge >= 0.3 is 0 Å². The summed E-state index contributed by atoms with van der Waals surface area (Å²) in [5.41, 5.74) is 1.55. The van der Waals surface area contributed by atoms with Gasteiger partial charge in [0.2, 0.25) is 5.91 Å². The number of carbonyl (C=O) groups excluding carboxylic acids is 1. The fourth-order valence-electron chi connectivity index (χ4n) is 2.85. The molecule has 1 aliphatic rings. The molecule has 0 bridgehead atoms. The van der Waals surface area contributed by atoms with Crippen LogP contribution in [-0.4, -0.2) is 29.6 Å². The van der Waals surface area contributed by atoms with Crippen LogP contribution in [0.2, 0.25) is 5.02 Å². The molecule has 1 saturated heterocycles. The van der Waals surface area contributed by atoms with Crippen LogP contribution in [0.3, 0.4) is 0 Å². The Morgan fingerprint density at radius 3 is 2.72 bits per heavy atom. The minimum Gasteiger partial charge on any atom is -0.338 e. The number of rotatable bonds is 3. The van der Waals surface area contributed by atoms with E-state index in [0.717, 1.165) is 23.3 Å². The van der Waals surface area contributed by atoms with Crippen LogP contribution >= 0.6 is 23.4 Å².